The number of anilines is 1. The highest BCUT2D eigenvalue weighted by molar-refractivity contribution is 6.03. The standard InChI is InChI=1S/C90H122N12O24/c1-7-10-12-17-66(84(108)93-67-24-20-64(21-25-67)57-125-88(112)98(5)29-30-99(6)89(113)126-69-26-27-75-71(51-69)70(8-2)72-56-101-77(82(72)95-75)52-74-73(86(101)110)58-124-87(111)90(74,114)9-3)50-78(103)76(49-62-15-13-11-14-16-62)94-80(105)60-123-59-79(104)91-28-32-115-34-36-117-38-40-119-42-44-121-46-47-122-45-43-120-41-39-118-37-35-116-33-31-100-55-68(96-97-100)53-92-83(107)65-22-18-63(19-23-65)54-102-81(106)48-61(4)85(102)109/h11,13-16,20-21,24-27,51-52,55,61,63,65-66,76,114H,7-10,12,17-19,22-23,28-50,53-54,56-60H2,1-6H3,(H,91,104)(H,92,107)(H,93,108)(H,94,105)/t61?,63?,65?,66?,76?,90-/m0/s1. The molecule has 686 valence electrons. The molecule has 2 fully saturated rings. The Labute approximate surface area is 733 Å². The molecule has 0 radical (unpaired) electrons. The third-order valence-electron chi connectivity index (χ3n) is 22.6. The van der Waals surface area contributed by atoms with E-state index in [9.17, 15) is 57.8 Å². The third kappa shape index (κ3) is 29.3. The van der Waals surface area contributed by atoms with E-state index in [2.05, 4.69) is 31.6 Å². The monoisotopic (exact) mass is 1750 g/mol. The number of nitrogens with zero attached hydrogens (tertiary/aromatic N) is 8. The van der Waals surface area contributed by atoms with Crippen LogP contribution in [0.5, 0.6) is 5.75 Å². The van der Waals surface area contributed by atoms with Crippen molar-refractivity contribution in [3.63, 3.8) is 0 Å². The average molecular weight is 1760 g/mol. The van der Waals surface area contributed by atoms with Gasteiger partial charge in [-0.25, -0.2) is 24.0 Å². The minimum Gasteiger partial charge on any atom is -0.458 e. The van der Waals surface area contributed by atoms with Crippen LogP contribution in [0.1, 0.15) is 137 Å². The van der Waals surface area contributed by atoms with Crippen molar-refractivity contribution in [2.75, 3.05) is 165 Å². The summed E-state index contributed by atoms with van der Waals surface area (Å²) in [5.41, 5.74) is 4.01. The number of rotatable bonds is 56. The molecule has 5 N–H and O–H groups in total. The molecule has 3 aromatic carbocycles. The number of hydrogen-bond acceptors (Lipinski definition) is 27. The summed E-state index contributed by atoms with van der Waals surface area (Å²) in [6.07, 6.45) is 7.19. The molecular formula is C90H122N12O24. The van der Waals surface area contributed by atoms with Crippen LogP contribution in [-0.2, 0) is 142 Å². The molecule has 3 unspecified atom stereocenters. The van der Waals surface area contributed by atoms with Gasteiger partial charge in [-0.3, -0.25) is 43.3 Å². The number of likely N-dealkylation sites (tertiary alicyclic amines) is 1. The van der Waals surface area contributed by atoms with E-state index in [0.717, 1.165) is 60.6 Å². The number of Topliss-reactive ketones (excluding diaryl/α,β-unsaturated/α-hetero) is 1. The van der Waals surface area contributed by atoms with Crippen molar-refractivity contribution in [2.45, 2.75) is 156 Å². The highest BCUT2D eigenvalue weighted by Crippen LogP contribution is 2.41. The van der Waals surface area contributed by atoms with Gasteiger partial charge in [-0.2, -0.15) is 0 Å². The van der Waals surface area contributed by atoms with Gasteiger partial charge in [0.05, 0.1) is 160 Å². The van der Waals surface area contributed by atoms with Crippen molar-refractivity contribution in [2.24, 2.45) is 23.7 Å². The van der Waals surface area contributed by atoms with Gasteiger partial charge in [-0.05, 0) is 110 Å². The molecule has 1 saturated heterocycles. The lowest BCUT2D eigenvalue weighted by atomic mass is 9.81. The smallest absolute Gasteiger partial charge is 0.415 e. The zero-order valence-corrected chi connectivity index (χ0v) is 73.2. The Bertz CT molecular complexity index is 4660. The second-order valence-corrected chi connectivity index (χ2v) is 31.8. The van der Waals surface area contributed by atoms with E-state index in [4.69, 9.17) is 61.8 Å². The number of esters is 1. The van der Waals surface area contributed by atoms with E-state index in [-0.39, 0.29) is 154 Å². The molecule has 10 rings (SSSR count). The van der Waals surface area contributed by atoms with Crippen LogP contribution in [0.4, 0.5) is 15.3 Å². The van der Waals surface area contributed by atoms with Crippen molar-refractivity contribution in [1.82, 2.24) is 55.2 Å². The van der Waals surface area contributed by atoms with Crippen molar-refractivity contribution in [3.8, 4) is 17.1 Å². The normalized spacial score (nSPS) is 16.9. The number of unbranched alkanes of at least 4 members (excludes halogenated alkanes) is 2. The number of cyclic esters (lactones) is 1. The fourth-order valence-corrected chi connectivity index (χ4v) is 15.2. The van der Waals surface area contributed by atoms with Gasteiger partial charge in [-0.1, -0.05) is 94.6 Å². The number of carbonyl (C=O) groups is 10. The molecule has 4 atom stereocenters. The number of carbonyl (C=O) groups excluding carboxylic acids is 10. The topological polar surface area (TPSA) is 425 Å². The fourth-order valence-electron chi connectivity index (χ4n) is 15.2. The first-order valence-electron chi connectivity index (χ1n) is 43.7. The first-order valence-corrected chi connectivity index (χ1v) is 43.7. The Morgan fingerprint density at radius 1 is 0.683 bits per heavy atom. The molecule has 126 heavy (non-hydrogen) atoms. The van der Waals surface area contributed by atoms with Gasteiger partial charge in [-0.15, -0.1) is 5.10 Å². The van der Waals surface area contributed by atoms with E-state index in [0.29, 0.717) is 159 Å². The SMILES string of the molecule is CCCCCC(CC(=O)C(Cc1ccccc1)NC(=O)COCC(=O)NCCOCCOCCOCCOCCOCCOCCOCCOCCn1cc(CNC(=O)C2CCC(CN3C(=O)CC(C)C3=O)CC2)nn1)C(=O)Nc1ccc(COC(=O)N(C)CCN(C)C(=O)Oc2ccc3nc4c(c(CC)c3c2)Cn2c-4cc3c(c2=O)COC(=O)[C@]3(O)CC)cc1. The molecular weight excluding hydrogens is 1630 g/mol. The number of fused-ring (bicyclic) bond motifs is 5. The first kappa shape index (κ1) is 97.7. The van der Waals surface area contributed by atoms with E-state index in [1.807, 2.05) is 44.2 Å². The van der Waals surface area contributed by atoms with Gasteiger partial charge in [0, 0.05) is 93.1 Å². The van der Waals surface area contributed by atoms with E-state index in [1.54, 1.807) is 84.9 Å². The highest BCUT2D eigenvalue weighted by atomic mass is 16.6. The quantitative estimate of drug-likeness (QED) is 0.0153. The lowest BCUT2D eigenvalue weighted by Crippen LogP contribution is -2.45. The average Bonchev–Trinajstić information content (AvgIpc) is 1.49. The van der Waals surface area contributed by atoms with Gasteiger partial charge >= 0.3 is 18.2 Å². The fraction of sp³-hybridized carbons (Fsp3) is 0.578. The molecule has 4 aliphatic rings. The molecule has 36 nitrogen and oxygen atoms in total. The summed E-state index contributed by atoms with van der Waals surface area (Å²) in [5.74, 6) is -3.39. The number of aliphatic hydroxyl groups is 1. The van der Waals surface area contributed by atoms with Crippen molar-refractivity contribution in [1.29, 1.82) is 0 Å². The molecule has 36 heteroatoms. The number of ether oxygens (including phenoxy) is 12. The Kier molecular flexibility index (Phi) is 39.3. The maximum atomic E-state index is 14.2. The Morgan fingerprint density at radius 3 is 1.93 bits per heavy atom. The lowest BCUT2D eigenvalue weighted by Gasteiger charge is -2.31. The Hall–Kier alpha value is -10.5. The minimum atomic E-state index is -1.96. The van der Waals surface area contributed by atoms with Gasteiger partial charge in [0.25, 0.3) is 5.56 Å². The summed E-state index contributed by atoms with van der Waals surface area (Å²) < 4.78 is 69.9. The zero-order valence-electron chi connectivity index (χ0n) is 73.2. The number of hydrogen-bond donors (Lipinski definition) is 5. The minimum absolute atomic E-state index is 0.0184. The van der Waals surface area contributed by atoms with Crippen LogP contribution in [0.15, 0.2) is 89.9 Å². The predicted molar refractivity (Wildman–Crippen MR) is 458 cm³/mol. The van der Waals surface area contributed by atoms with Gasteiger partial charge < -0.3 is 97.6 Å². The molecule has 1 aliphatic carbocycles. The van der Waals surface area contributed by atoms with Crippen LogP contribution in [0, 0.1) is 23.7 Å². The Balaban J connectivity index is 0.513. The number of aromatic nitrogens is 5. The van der Waals surface area contributed by atoms with E-state index >= 15 is 0 Å². The summed E-state index contributed by atoms with van der Waals surface area (Å²) in [6.45, 7) is 14.1. The number of benzene rings is 3. The third-order valence-corrected chi connectivity index (χ3v) is 22.6. The van der Waals surface area contributed by atoms with Crippen LogP contribution < -0.4 is 31.6 Å². The van der Waals surface area contributed by atoms with Crippen LogP contribution in [-0.4, -0.2) is 269 Å². The molecule has 3 aromatic heterocycles. The predicted octanol–water partition coefficient (Wildman–Crippen LogP) is 6.54. The summed E-state index contributed by atoms with van der Waals surface area (Å²) in [6, 6.07) is 21.6. The van der Waals surface area contributed by atoms with Crippen molar-refractivity contribution < 1.29 is 110 Å². The summed E-state index contributed by atoms with van der Waals surface area (Å²) in [4.78, 5) is 154. The maximum Gasteiger partial charge on any atom is 0.415 e. The largest absolute Gasteiger partial charge is 0.458 e. The lowest BCUT2D eigenvalue weighted by molar-refractivity contribution is -0.172. The number of nitrogens with one attached hydrogen (secondary N) is 4. The summed E-state index contributed by atoms with van der Waals surface area (Å²) >= 11 is 0. The zero-order chi connectivity index (χ0) is 89.7. The van der Waals surface area contributed by atoms with Gasteiger partial charge in [0.15, 0.2) is 11.4 Å². The Morgan fingerprint density at radius 2 is 1.31 bits per heavy atom. The number of imide groups is 1. The van der Waals surface area contributed by atoms with Crippen molar-refractivity contribution in [3.05, 3.63) is 134 Å². The van der Waals surface area contributed by atoms with Crippen LogP contribution in [0.2, 0.25) is 0 Å². The highest BCUT2D eigenvalue weighted by Gasteiger charge is 2.46. The molecule has 0 spiro atoms. The van der Waals surface area contributed by atoms with Gasteiger partial charge in [0.2, 0.25) is 35.4 Å². The number of pyridine rings is 2. The van der Waals surface area contributed by atoms with E-state index < -0.39 is 60.7 Å². The summed E-state index contributed by atoms with van der Waals surface area (Å²) in [7, 11) is 3.08. The second kappa shape index (κ2) is 50.7. The van der Waals surface area contributed by atoms with Crippen molar-refractivity contribution >= 4 is 76.0 Å². The van der Waals surface area contributed by atoms with E-state index in [1.165, 1.54) is 21.7 Å². The van der Waals surface area contributed by atoms with Crippen LogP contribution >= 0.6 is 0 Å². The molecule has 6 heterocycles. The number of likely N-dealkylation sites (N-methyl/N-ethyl adjacent to an activating group) is 2. The maximum absolute atomic E-state index is 14.2. The number of ketones is 1. The molecule has 3 aliphatic heterocycles. The molecule has 6 aromatic rings. The molecule has 8 amide bonds. The summed E-state index contributed by atoms with van der Waals surface area (Å²) in [5, 5.41) is 31.7. The van der Waals surface area contributed by atoms with Crippen LogP contribution in [0.25, 0.3) is 22.3 Å². The first-order chi connectivity index (χ1) is 61.0. The molecule has 0 bridgehead atoms. The number of amides is 8. The van der Waals surface area contributed by atoms with Crippen LogP contribution in [0.3, 0.4) is 0 Å². The second-order valence-electron chi connectivity index (χ2n) is 31.8. The van der Waals surface area contributed by atoms with Gasteiger partial charge in [0.1, 0.15) is 37.9 Å². The molecule has 1 saturated carbocycles. The number of aryl methyl sites for hydroxylation is 1.